The summed E-state index contributed by atoms with van der Waals surface area (Å²) in [7, 11) is -2.31. The van der Waals surface area contributed by atoms with Crippen molar-refractivity contribution in [2.45, 2.75) is 11.5 Å². The average molecular weight is 391 g/mol. The third-order valence-corrected chi connectivity index (χ3v) is 5.63. The summed E-state index contributed by atoms with van der Waals surface area (Å²) in [5.74, 6) is 0.349. The lowest BCUT2D eigenvalue weighted by Gasteiger charge is -2.13. The molecule has 0 unspecified atom stereocenters. The van der Waals surface area contributed by atoms with Gasteiger partial charge >= 0.3 is 0 Å². The van der Waals surface area contributed by atoms with Gasteiger partial charge in [0.1, 0.15) is 0 Å². The Hall–Kier alpha value is -2.91. The Labute approximate surface area is 156 Å². The minimum absolute atomic E-state index is 0.0296. The van der Waals surface area contributed by atoms with Crippen molar-refractivity contribution in [1.29, 1.82) is 0 Å². The summed E-state index contributed by atoms with van der Waals surface area (Å²) in [4.78, 5) is 10.6. The maximum atomic E-state index is 12.7. The van der Waals surface area contributed by atoms with Crippen molar-refractivity contribution in [2.24, 2.45) is 0 Å². The summed E-state index contributed by atoms with van der Waals surface area (Å²) in [5.41, 5.74) is 0.977. The molecular weight excluding hydrogens is 374 g/mol. The lowest BCUT2D eigenvalue weighted by molar-refractivity contribution is -0.401. The molecule has 142 valence electrons. The molecule has 1 heterocycles. The van der Waals surface area contributed by atoms with Crippen LogP contribution in [0.25, 0.3) is 5.57 Å². The Morgan fingerprint density at radius 1 is 1.22 bits per heavy atom. The van der Waals surface area contributed by atoms with Gasteiger partial charge in [-0.15, -0.1) is 0 Å². The second kappa shape index (κ2) is 7.77. The molecule has 1 aliphatic rings. The molecule has 9 heteroatoms. The first-order valence-corrected chi connectivity index (χ1v) is 9.60. The Bertz CT molecular complexity index is 984. The van der Waals surface area contributed by atoms with Gasteiger partial charge in [0.2, 0.25) is 13.0 Å². The van der Waals surface area contributed by atoms with Crippen LogP contribution in [-0.4, -0.2) is 33.0 Å². The normalized spacial score (nSPS) is 13.6. The lowest BCUT2D eigenvalue weighted by atomic mass is 10.0. The first-order valence-electron chi connectivity index (χ1n) is 7.94. The molecule has 1 aliphatic heterocycles. The minimum Gasteiger partial charge on any atom is -0.454 e. The zero-order chi connectivity index (χ0) is 19.4. The maximum Gasteiger partial charge on any atom is 0.239 e. The topological polar surface area (TPSA) is 105 Å². The van der Waals surface area contributed by atoms with Gasteiger partial charge in [-0.25, -0.2) is 8.42 Å². The van der Waals surface area contributed by atoms with E-state index in [1.165, 1.54) is 19.2 Å². The van der Waals surface area contributed by atoms with Crippen LogP contribution in [0.2, 0.25) is 0 Å². The second-order valence-electron chi connectivity index (χ2n) is 5.81. The zero-order valence-electron chi connectivity index (χ0n) is 14.5. The van der Waals surface area contributed by atoms with Gasteiger partial charge in [0.25, 0.3) is 0 Å². The molecule has 0 aromatic heterocycles. The Morgan fingerprint density at radius 3 is 2.52 bits per heavy atom. The second-order valence-corrected chi connectivity index (χ2v) is 7.80. The summed E-state index contributed by atoms with van der Waals surface area (Å²) in [5, 5.41) is 11.2. The lowest BCUT2D eigenvalue weighted by Crippen LogP contribution is -2.11. The molecule has 0 amide bonds. The number of fused-ring (bicyclic) bond motifs is 1. The average Bonchev–Trinajstić information content (AvgIpc) is 3.08. The monoisotopic (exact) mass is 391 g/mol. The largest absolute Gasteiger partial charge is 0.454 e. The van der Waals surface area contributed by atoms with E-state index in [1.807, 2.05) is 0 Å². The quantitative estimate of drug-likeness (QED) is 0.528. The summed E-state index contributed by atoms with van der Waals surface area (Å²) < 4.78 is 41.3. The van der Waals surface area contributed by atoms with Crippen molar-refractivity contribution in [3.8, 4) is 11.5 Å². The van der Waals surface area contributed by atoms with Crippen molar-refractivity contribution in [3.05, 3.63) is 69.9 Å². The first-order chi connectivity index (χ1) is 12.9. The third kappa shape index (κ3) is 4.26. The summed E-state index contributed by atoms with van der Waals surface area (Å²) in [6.07, 6.45) is 0.706. The van der Waals surface area contributed by atoms with E-state index in [-0.39, 0.29) is 23.9 Å². The summed E-state index contributed by atoms with van der Waals surface area (Å²) >= 11 is 0. The molecule has 0 saturated carbocycles. The van der Waals surface area contributed by atoms with Crippen LogP contribution in [0, 0.1) is 10.1 Å². The van der Waals surface area contributed by atoms with Gasteiger partial charge in [0, 0.05) is 12.7 Å². The van der Waals surface area contributed by atoms with Crippen molar-refractivity contribution >= 4 is 15.4 Å². The Morgan fingerprint density at radius 2 is 1.89 bits per heavy atom. The highest BCUT2D eigenvalue weighted by Gasteiger charge is 2.25. The van der Waals surface area contributed by atoms with Gasteiger partial charge in [-0.3, -0.25) is 10.1 Å². The summed E-state index contributed by atoms with van der Waals surface area (Å²) in [6, 6.07) is 11.0. The number of methoxy groups -OCH3 is 1. The number of nitrogens with zero attached hydrogens (tertiary/aromatic N) is 1. The van der Waals surface area contributed by atoms with Crippen LogP contribution in [0.4, 0.5) is 0 Å². The molecule has 2 aromatic rings. The molecule has 27 heavy (non-hydrogen) atoms. The molecular formula is C18H17NO7S. The molecule has 0 saturated heterocycles. The van der Waals surface area contributed by atoms with E-state index in [0.29, 0.717) is 28.8 Å². The van der Waals surface area contributed by atoms with Crippen LogP contribution in [0.15, 0.2) is 53.6 Å². The smallest absolute Gasteiger partial charge is 0.239 e. The van der Waals surface area contributed by atoms with Gasteiger partial charge in [0.15, 0.2) is 21.3 Å². The number of rotatable bonds is 7. The van der Waals surface area contributed by atoms with E-state index in [9.17, 15) is 18.5 Å². The fourth-order valence-electron chi connectivity index (χ4n) is 2.79. The Kier molecular flexibility index (Phi) is 5.43. The van der Waals surface area contributed by atoms with E-state index in [4.69, 9.17) is 14.2 Å². The Balaban J connectivity index is 2.08. The van der Waals surface area contributed by atoms with E-state index in [1.54, 1.807) is 30.3 Å². The number of hydrogen-bond acceptors (Lipinski definition) is 7. The summed E-state index contributed by atoms with van der Waals surface area (Å²) in [6.45, 7) is 0.161. The van der Waals surface area contributed by atoms with Crippen molar-refractivity contribution in [3.63, 3.8) is 0 Å². The molecule has 0 N–H and O–H groups in total. The highest BCUT2D eigenvalue weighted by molar-refractivity contribution is 7.91. The van der Waals surface area contributed by atoms with Crippen molar-refractivity contribution < 1.29 is 27.6 Å². The maximum absolute atomic E-state index is 12.7. The molecule has 0 aliphatic carbocycles. The number of hydrogen-bond donors (Lipinski definition) is 0. The number of sulfone groups is 1. The van der Waals surface area contributed by atoms with Gasteiger partial charge in [-0.1, -0.05) is 18.2 Å². The molecule has 0 spiro atoms. The minimum atomic E-state index is -3.78. The fraction of sp³-hybridized carbons (Fsp3) is 0.222. The molecule has 3 rings (SSSR count). The zero-order valence-corrected chi connectivity index (χ0v) is 15.3. The van der Waals surface area contributed by atoms with Gasteiger partial charge in [-0.05, 0) is 35.4 Å². The van der Waals surface area contributed by atoms with E-state index in [0.717, 1.165) is 0 Å². The van der Waals surface area contributed by atoms with E-state index in [2.05, 4.69) is 0 Å². The van der Waals surface area contributed by atoms with Crippen molar-refractivity contribution in [2.75, 3.05) is 19.7 Å². The fourth-order valence-corrected chi connectivity index (χ4v) is 4.16. The predicted octanol–water partition coefficient (Wildman–Crippen LogP) is 2.65. The molecule has 0 radical (unpaired) electrons. The van der Waals surface area contributed by atoms with Gasteiger partial charge in [0.05, 0.1) is 22.2 Å². The predicted molar refractivity (Wildman–Crippen MR) is 96.7 cm³/mol. The highest BCUT2D eigenvalue weighted by Crippen LogP contribution is 2.38. The van der Waals surface area contributed by atoms with Crippen LogP contribution >= 0.6 is 0 Å². The van der Waals surface area contributed by atoms with Crippen molar-refractivity contribution in [1.82, 2.24) is 0 Å². The van der Waals surface area contributed by atoms with Crippen LogP contribution in [0.1, 0.15) is 11.1 Å². The third-order valence-electron chi connectivity index (χ3n) is 3.95. The molecule has 0 atom stereocenters. The van der Waals surface area contributed by atoms with Crippen LogP contribution in [-0.2, 0) is 21.2 Å². The number of nitro groups is 1. The van der Waals surface area contributed by atoms with Crippen LogP contribution in [0.5, 0.6) is 11.5 Å². The first kappa shape index (κ1) is 18.9. The van der Waals surface area contributed by atoms with E-state index < -0.39 is 20.5 Å². The van der Waals surface area contributed by atoms with E-state index >= 15 is 0 Å². The van der Waals surface area contributed by atoms with Crippen LogP contribution < -0.4 is 9.47 Å². The molecule has 0 bridgehead atoms. The van der Waals surface area contributed by atoms with Crippen LogP contribution in [0.3, 0.4) is 0 Å². The SMILES string of the molecule is COCc1cc2c(cc1/C(=C/[N+](=O)[O-])CS(=O)(=O)c1ccccc1)OCO2. The van der Waals surface area contributed by atoms with Gasteiger partial charge < -0.3 is 14.2 Å². The highest BCUT2D eigenvalue weighted by atomic mass is 32.2. The number of ether oxygens (including phenoxy) is 3. The molecule has 2 aromatic carbocycles. The molecule has 8 nitrogen and oxygen atoms in total. The standard InChI is InChI=1S/C18H17NO7S/c1-24-10-13-7-17-18(26-12-25-17)8-16(13)14(9-19(20)21)11-27(22,23)15-5-3-2-4-6-15/h2-9H,10-12H2,1H3/b14-9+. The van der Waals surface area contributed by atoms with Gasteiger partial charge in [-0.2, -0.15) is 0 Å². The number of benzene rings is 2. The molecule has 0 fully saturated rings.